The predicted molar refractivity (Wildman–Crippen MR) is 177 cm³/mol. The summed E-state index contributed by atoms with van der Waals surface area (Å²) in [4.78, 5) is 16.3. The van der Waals surface area contributed by atoms with Gasteiger partial charge in [-0.2, -0.15) is 0 Å². The quantitative estimate of drug-likeness (QED) is 0.176. The van der Waals surface area contributed by atoms with Gasteiger partial charge in [-0.05, 0) is 36.2 Å². The van der Waals surface area contributed by atoms with Gasteiger partial charge in [0.05, 0.1) is 22.8 Å². The Bertz CT molecular complexity index is 1890. The van der Waals surface area contributed by atoms with Crippen LogP contribution in [0.5, 0.6) is 5.88 Å². The van der Waals surface area contributed by atoms with Crippen LogP contribution in [0.15, 0.2) is 72.8 Å². The molecular weight excluding hydrogens is 593 g/mol. The standard InChI is InChI=1S/C35H33Cl2N5O2/c1-44-35-22(18-39-19-24-10-13-32(43)40-24)8-11-30(41-35)29-7-3-6-28(34(29)37)27-5-2-4-26(33(27)36)21-9-12-31-23(16-21)17-25-20-38-14-15-42(25)31/h2-9,11-12,16-17,24,38-39H,10,13-15,18-20H2,1H3,(H,40,43)/t24-/m1/s1. The van der Waals surface area contributed by atoms with Gasteiger partial charge in [0.1, 0.15) is 0 Å². The third-order valence-corrected chi connectivity index (χ3v) is 9.42. The highest BCUT2D eigenvalue weighted by Gasteiger charge is 2.21. The number of ether oxygens (including phenoxy) is 1. The number of fused-ring (bicyclic) bond motifs is 3. The van der Waals surface area contributed by atoms with Crippen molar-refractivity contribution in [3.8, 4) is 39.4 Å². The molecule has 1 fully saturated rings. The van der Waals surface area contributed by atoms with Crippen LogP contribution in [-0.2, 0) is 24.4 Å². The summed E-state index contributed by atoms with van der Waals surface area (Å²) in [6.07, 6.45) is 1.44. The molecule has 1 atom stereocenters. The monoisotopic (exact) mass is 625 g/mol. The fourth-order valence-corrected chi connectivity index (χ4v) is 7.02. The van der Waals surface area contributed by atoms with Crippen molar-refractivity contribution in [1.29, 1.82) is 0 Å². The second kappa shape index (κ2) is 12.3. The second-order valence-corrected chi connectivity index (χ2v) is 12.1. The average Bonchev–Trinajstić information content (AvgIpc) is 3.64. The molecule has 0 spiro atoms. The normalized spacial score (nSPS) is 16.2. The third-order valence-electron chi connectivity index (χ3n) is 8.60. The maximum Gasteiger partial charge on any atom is 0.220 e. The van der Waals surface area contributed by atoms with Crippen LogP contribution < -0.4 is 20.7 Å². The summed E-state index contributed by atoms with van der Waals surface area (Å²) in [6, 6.07) is 25.0. The van der Waals surface area contributed by atoms with Crippen molar-refractivity contribution in [3.05, 3.63) is 94.1 Å². The molecule has 1 amide bonds. The first-order chi connectivity index (χ1) is 21.5. The molecule has 0 saturated carbocycles. The van der Waals surface area contributed by atoms with Crippen molar-refractivity contribution in [2.24, 2.45) is 0 Å². The topological polar surface area (TPSA) is 80.2 Å². The summed E-state index contributed by atoms with van der Waals surface area (Å²) in [7, 11) is 1.62. The lowest BCUT2D eigenvalue weighted by molar-refractivity contribution is -0.119. The van der Waals surface area contributed by atoms with E-state index in [0.29, 0.717) is 41.1 Å². The summed E-state index contributed by atoms with van der Waals surface area (Å²) < 4.78 is 8.04. The number of carbonyl (C=O) groups excluding carboxylic acids is 1. The molecule has 7 nitrogen and oxygen atoms in total. The molecule has 2 aliphatic heterocycles. The van der Waals surface area contributed by atoms with Crippen molar-refractivity contribution in [2.75, 3.05) is 20.2 Å². The van der Waals surface area contributed by atoms with Crippen molar-refractivity contribution in [1.82, 2.24) is 25.5 Å². The maximum atomic E-state index is 11.5. The molecule has 224 valence electrons. The first kappa shape index (κ1) is 28.9. The molecule has 1 saturated heterocycles. The summed E-state index contributed by atoms with van der Waals surface area (Å²) in [6.45, 7) is 4.12. The SMILES string of the molecule is COc1nc(-c2cccc(-c3cccc(-c4ccc5c(c4)cc4n5CCNC4)c3Cl)c2Cl)ccc1CNC[C@H]1CCC(=O)N1. The Morgan fingerprint density at radius 1 is 0.977 bits per heavy atom. The van der Waals surface area contributed by atoms with E-state index in [2.05, 4.69) is 50.8 Å². The lowest BCUT2D eigenvalue weighted by Crippen LogP contribution is -2.35. The van der Waals surface area contributed by atoms with Crippen LogP contribution in [0.25, 0.3) is 44.4 Å². The van der Waals surface area contributed by atoms with Crippen LogP contribution in [0.1, 0.15) is 24.1 Å². The largest absolute Gasteiger partial charge is 0.481 e. The number of amides is 1. The molecule has 5 aromatic rings. The van der Waals surface area contributed by atoms with Crippen molar-refractivity contribution >= 4 is 40.0 Å². The molecule has 0 unspecified atom stereocenters. The highest BCUT2D eigenvalue weighted by molar-refractivity contribution is 6.39. The Morgan fingerprint density at radius 3 is 2.52 bits per heavy atom. The summed E-state index contributed by atoms with van der Waals surface area (Å²) in [5.41, 5.74) is 8.73. The minimum Gasteiger partial charge on any atom is -0.481 e. The Morgan fingerprint density at radius 2 is 1.75 bits per heavy atom. The third kappa shape index (κ3) is 5.46. The highest BCUT2D eigenvalue weighted by atomic mass is 35.5. The van der Waals surface area contributed by atoms with Gasteiger partial charge < -0.3 is 25.3 Å². The van der Waals surface area contributed by atoms with Gasteiger partial charge in [-0.15, -0.1) is 0 Å². The van der Waals surface area contributed by atoms with E-state index in [0.717, 1.165) is 59.4 Å². The van der Waals surface area contributed by atoms with E-state index in [1.807, 2.05) is 42.5 Å². The number of nitrogens with one attached hydrogen (secondary N) is 3. The van der Waals surface area contributed by atoms with Gasteiger partial charge in [0, 0.05) is 89.6 Å². The molecular formula is C35H33Cl2N5O2. The minimum absolute atomic E-state index is 0.113. The zero-order valence-corrected chi connectivity index (χ0v) is 25.9. The van der Waals surface area contributed by atoms with Crippen molar-refractivity contribution in [3.63, 3.8) is 0 Å². The fourth-order valence-electron chi connectivity index (χ4n) is 6.36. The van der Waals surface area contributed by atoms with Crippen molar-refractivity contribution in [2.45, 2.75) is 38.5 Å². The van der Waals surface area contributed by atoms with Gasteiger partial charge in [-0.3, -0.25) is 4.79 Å². The van der Waals surface area contributed by atoms with Crippen LogP contribution in [0.2, 0.25) is 10.0 Å². The number of methoxy groups -OCH3 is 1. The number of rotatable bonds is 8. The zero-order valence-electron chi connectivity index (χ0n) is 24.4. The molecule has 2 aliphatic rings. The number of nitrogens with zero attached hydrogens (tertiary/aromatic N) is 2. The van der Waals surface area contributed by atoms with Crippen LogP contribution >= 0.6 is 23.2 Å². The lowest BCUT2D eigenvalue weighted by Gasteiger charge is -2.17. The molecule has 44 heavy (non-hydrogen) atoms. The smallest absolute Gasteiger partial charge is 0.220 e. The number of hydrogen-bond donors (Lipinski definition) is 3. The molecule has 4 heterocycles. The predicted octanol–water partition coefficient (Wildman–Crippen LogP) is 6.82. The number of halogens is 2. The number of carbonyl (C=O) groups is 1. The van der Waals surface area contributed by atoms with Crippen molar-refractivity contribution < 1.29 is 9.53 Å². The number of aromatic nitrogens is 2. The van der Waals surface area contributed by atoms with Gasteiger partial charge in [0.2, 0.25) is 11.8 Å². The number of benzene rings is 3. The van der Waals surface area contributed by atoms with Gasteiger partial charge in [-0.1, -0.05) is 71.7 Å². The second-order valence-electron chi connectivity index (χ2n) is 11.4. The first-order valence-electron chi connectivity index (χ1n) is 14.9. The molecule has 9 heteroatoms. The van der Waals surface area contributed by atoms with E-state index in [-0.39, 0.29) is 11.9 Å². The minimum atomic E-state index is 0.113. The highest BCUT2D eigenvalue weighted by Crippen LogP contribution is 2.43. The molecule has 3 aromatic carbocycles. The van der Waals surface area contributed by atoms with Crippen LogP contribution in [-0.4, -0.2) is 41.7 Å². The number of hydrogen-bond acceptors (Lipinski definition) is 5. The van der Waals surface area contributed by atoms with Gasteiger partial charge in [0.25, 0.3) is 0 Å². The zero-order chi connectivity index (χ0) is 30.2. The summed E-state index contributed by atoms with van der Waals surface area (Å²) >= 11 is 14.2. The fraction of sp³-hybridized carbons (Fsp3) is 0.257. The maximum absolute atomic E-state index is 11.5. The van der Waals surface area contributed by atoms with Gasteiger partial charge >= 0.3 is 0 Å². The van der Waals surface area contributed by atoms with E-state index in [9.17, 15) is 4.79 Å². The molecule has 0 aliphatic carbocycles. The van der Waals surface area contributed by atoms with Gasteiger partial charge in [-0.25, -0.2) is 4.98 Å². The molecule has 2 aromatic heterocycles. The van der Waals surface area contributed by atoms with E-state index in [4.69, 9.17) is 32.9 Å². The Kier molecular flexibility index (Phi) is 8.04. The Balaban J connectivity index is 1.17. The first-order valence-corrected chi connectivity index (χ1v) is 15.7. The molecule has 7 rings (SSSR count). The number of pyridine rings is 1. The Labute approximate surface area is 266 Å². The molecule has 3 N–H and O–H groups in total. The lowest BCUT2D eigenvalue weighted by atomic mass is 9.96. The average molecular weight is 627 g/mol. The van der Waals surface area contributed by atoms with E-state index in [1.54, 1.807) is 7.11 Å². The van der Waals surface area contributed by atoms with Crippen LogP contribution in [0, 0.1) is 0 Å². The van der Waals surface area contributed by atoms with Gasteiger partial charge in [0.15, 0.2) is 0 Å². The summed E-state index contributed by atoms with van der Waals surface area (Å²) in [5.74, 6) is 0.646. The van der Waals surface area contributed by atoms with Crippen LogP contribution in [0.3, 0.4) is 0 Å². The van der Waals surface area contributed by atoms with E-state index in [1.165, 1.54) is 16.6 Å². The Hall–Kier alpha value is -3.88. The van der Waals surface area contributed by atoms with Crippen LogP contribution in [0.4, 0.5) is 0 Å². The molecule has 0 radical (unpaired) electrons. The van der Waals surface area contributed by atoms with E-state index < -0.39 is 0 Å². The summed E-state index contributed by atoms with van der Waals surface area (Å²) in [5, 5.41) is 12.3. The van der Waals surface area contributed by atoms with E-state index >= 15 is 0 Å². The molecule has 0 bridgehead atoms.